The van der Waals surface area contributed by atoms with Crippen LogP contribution in [0.2, 0.25) is 0 Å². The molecule has 0 aliphatic carbocycles. The fraction of sp³-hybridized carbons (Fsp3) is 0.533. The summed E-state index contributed by atoms with van der Waals surface area (Å²) >= 11 is 0. The first kappa shape index (κ1) is 15.5. The smallest absolute Gasteiger partial charge is 0.343 e. The fourth-order valence-electron chi connectivity index (χ4n) is 2.02. The molecule has 0 bridgehead atoms. The second-order valence-corrected chi connectivity index (χ2v) is 5.17. The van der Waals surface area contributed by atoms with Gasteiger partial charge in [0.2, 0.25) is 0 Å². The van der Waals surface area contributed by atoms with E-state index in [1.165, 1.54) is 7.11 Å². The number of rotatable bonds is 5. The van der Waals surface area contributed by atoms with Crippen molar-refractivity contribution in [3.63, 3.8) is 0 Å². The highest BCUT2D eigenvalue weighted by Crippen LogP contribution is 2.43. The van der Waals surface area contributed by atoms with Gasteiger partial charge in [0, 0.05) is 5.41 Å². The minimum Gasteiger partial charge on any atom is -0.497 e. The molecular formula is C15H22O4. The highest BCUT2D eigenvalue weighted by atomic mass is 16.5. The first-order chi connectivity index (χ1) is 8.83. The van der Waals surface area contributed by atoms with Gasteiger partial charge in [0.25, 0.3) is 0 Å². The summed E-state index contributed by atoms with van der Waals surface area (Å²) in [5.74, 6) is 0.0230. The molecule has 1 unspecified atom stereocenters. The van der Waals surface area contributed by atoms with E-state index in [1.807, 2.05) is 20.8 Å². The average molecular weight is 266 g/mol. The summed E-state index contributed by atoms with van der Waals surface area (Å²) in [5, 5.41) is 10.9. The third-order valence-electron chi connectivity index (χ3n) is 3.85. The number of carbonyl (C=O) groups is 1. The van der Waals surface area contributed by atoms with Gasteiger partial charge in [-0.1, -0.05) is 32.9 Å². The maximum Gasteiger partial charge on any atom is 0.343 e. The molecule has 0 aliphatic rings. The summed E-state index contributed by atoms with van der Waals surface area (Å²) < 4.78 is 9.88. The third kappa shape index (κ3) is 2.59. The van der Waals surface area contributed by atoms with Crippen LogP contribution in [0.25, 0.3) is 0 Å². The van der Waals surface area contributed by atoms with Crippen LogP contribution in [0.1, 0.15) is 32.8 Å². The van der Waals surface area contributed by atoms with E-state index in [0.717, 1.165) is 0 Å². The van der Waals surface area contributed by atoms with Gasteiger partial charge in [-0.05, 0) is 24.1 Å². The molecule has 4 nitrogen and oxygen atoms in total. The molecule has 0 radical (unpaired) electrons. The van der Waals surface area contributed by atoms with Crippen LogP contribution in [0.15, 0.2) is 24.3 Å². The minimum atomic E-state index is -1.68. The standard InChI is InChI=1S/C15H22O4/c1-6-14(2,3)15(17,13(16)19-5)11-7-9-12(18-4)10-8-11/h7-10,17H,6H2,1-5H3. The molecule has 0 aromatic heterocycles. The Bertz CT molecular complexity index is 436. The van der Waals surface area contributed by atoms with E-state index in [4.69, 9.17) is 9.47 Å². The van der Waals surface area contributed by atoms with Crippen molar-refractivity contribution < 1.29 is 19.4 Å². The van der Waals surface area contributed by atoms with Crippen molar-refractivity contribution >= 4 is 5.97 Å². The van der Waals surface area contributed by atoms with Crippen molar-refractivity contribution in [2.45, 2.75) is 32.8 Å². The van der Waals surface area contributed by atoms with Crippen molar-refractivity contribution in [2.24, 2.45) is 5.41 Å². The van der Waals surface area contributed by atoms with Crippen LogP contribution >= 0.6 is 0 Å². The van der Waals surface area contributed by atoms with E-state index in [1.54, 1.807) is 31.4 Å². The van der Waals surface area contributed by atoms with E-state index < -0.39 is 17.0 Å². The number of carbonyl (C=O) groups excluding carboxylic acids is 1. The number of esters is 1. The minimum absolute atomic E-state index is 0.506. The quantitative estimate of drug-likeness (QED) is 0.832. The SMILES string of the molecule is CCC(C)(C)C(O)(C(=O)OC)c1ccc(OC)cc1. The first-order valence-corrected chi connectivity index (χ1v) is 6.28. The molecule has 0 spiro atoms. The number of ether oxygens (including phenoxy) is 2. The molecule has 1 atom stereocenters. The highest BCUT2D eigenvalue weighted by molar-refractivity contribution is 5.82. The Morgan fingerprint density at radius 1 is 1.21 bits per heavy atom. The van der Waals surface area contributed by atoms with Gasteiger partial charge in [0.05, 0.1) is 14.2 Å². The maximum absolute atomic E-state index is 12.1. The molecule has 0 aliphatic heterocycles. The van der Waals surface area contributed by atoms with Gasteiger partial charge in [-0.25, -0.2) is 4.79 Å². The molecule has 1 N–H and O–H groups in total. The Morgan fingerprint density at radius 3 is 2.11 bits per heavy atom. The van der Waals surface area contributed by atoms with Gasteiger partial charge < -0.3 is 14.6 Å². The summed E-state index contributed by atoms with van der Waals surface area (Å²) in [7, 11) is 2.85. The molecule has 0 saturated heterocycles. The predicted molar refractivity (Wildman–Crippen MR) is 73.0 cm³/mol. The highest BCUT2D eigenvalue weighted by Gasteiger charge is 2.51. The molecule has 0 saturated carbocycles. The van der Waals surface area contributed by atoms with Crippen LogP contribution in [0.5, 0.6) is 5.75 Å². The van der Waals surface area contributed by atoms with Gasteiger partial charge in [0.1, 0.15) is 5.75 Å². The number of aliphatic hydroxyl groups is 1. The summed E-state index contributed by atoms with van der Waals surface area (Å²) in [6.07, 6.45) is 0.630. The zero-order chi connectivity index (χ0) is 14.7. The number of hydrogen-bond acceptors (Lipinski definition) is 4. The van der Waals surface area contributed by atoms with Gasteiger partial charge in [-0.3, -0.25) is 0 Å². The van der Waals surface area contributed by atoms with Crippen molar-refractivity contribution in [3.05, 3.63) is 29.8 Å². The topological polar surface area (TPSA) is 55.8 Å². The Hall–Kier alpha value is -1.55. The van der Waals surface area contributed by atoms with Gasteiger partial charge >= 0.3 is 5.97 Å². The fourth-order valence-corrected chi connectivity index (χ4v) is 2.02. The zero-order valence-corrected chi connectivity index (χ0v) is 12.2. The van der Waals surface area contributed by atoms with E-state index in [2.05, 4.69) is 0 Å². The van der Waals surface area contributed by atoms with Crippen LogP contribution in [0, 0.1) is 5.41 Å². The predicted octanol–water partition coefficient (Wildman–Crippen LogP) is 2.49. The Labute approximate surface area is 114 Å². The molecule has 1 aromatic rings. The largest absolute Gasteiger partial charge is 0.497 e. The van der Waals surface area contributed by atoms with E-state index in [9.17, 15) is 9.90 Å². The van der Waals surface area contributed by atoms with E-state index in [-0.39, 0.29) is 0 Å². The van der Waals surface area contributed by atoms with Crippen molar-refractivity contribution in [1.29, 1.82) is 0 Å². The molecule has 0 fully saturated rings. The number of benzene rings is 1. The lowest BCUT2D eigenvalue weighted by Gasteiger charge is -2.40. The van der Waals surface area contributed by atoms with Crippen molar-refractivity contribution in [2.75, 3.05) is 14.2 Å². The third-order valence-corrected chi connectivity index (χ3v) is 3.85. The lowest BCUT2D eigenvalue weighted by atomic mass is 9.69. The summed E-state index contributed by atoms with van der Waals surface area (Å²) in [5.41, 5.74) is -1.82. The monoisotopic (exact) mass is 266 g/mol. The average Bonchev–Trinajstić information content (AvgIpc) is 2.45. The van der Waals surface area contributed by atoms with Crippen LogP contribution in [-0.4, -0.2) is 25.3 Å². The van der Waals surface area contributed by atoms with Crippen LogP contribution in [0.3, 0.4) is 0 Å². The van der Waals surface area contributed by atoms with E-state index >= 15 is 0 Å². The molecular weight excluding hydrogens is 244 g/mol. The number of methoxy groups -OCH3 is 2. The van der Waals surface area contributed by atoms with Gasteiger partial charge in [0.15, 0.2) is 5.60 Å². The van der Waals surface area contributed by atoms with Gasteiger partial charge in [-0.2, -0.15) is 0 Å². The maximum atomic E-state index is 12.1. The lowest BCUT2D eigenvalue weighted by Crippen LogP contribution is -2.49. The van der Waals surface area contributed by atoms with Gasteiger partial charge in [-0.15, -0.1) is 0 Å². The van der Waals surface area contributed by atoms with Crippen LogP contribution in [-0.2, 0) is 15.1 Å². The molecule has 0 heterocycles. The molecule has 4 heteroatoms. The normalized spacial score (nSPS) is 14.6. The van der Waals surface area contributed by atoms with Crippen LogP contribution < -0.4 is 4.74 Å². The Morgan fingerprint density at radius 2 is 1.74 bits per heavy atom. The second kappa shape index (κ2) is 5.61. The van der Waals surface area contributed by atoms with Crippen LogP contribution in [0.4, 0.5) is 0 Å². The molecule has 19 heavy (non-hydrogen) atoms. The molecule has 1 aromatic carbocycles. The lowest BCUT2D eigenvalue weighted by molar-refractivity contribution is -0.179. The van der Waals surface area contributed by atoms with E-state index in [0.29, 0.717) is 17.7 Å². The zero-order valence-electron chi connectivity index (χ0n) is 12.2. The molecule has 0 amide bonds. The van der Waals surface area contributed by atoms with Crippen molar-refractivity contribution in [3.8, 4) is 5.75 Å². The second-order valence-electron chi connectivity index (χ2n) is 5.17. The Kier molecular flexibility index (Phi) is 4.58. The molecule has 106 valence electrons. The summed E-state index contributed by atoms with van der Waals surface area (Å²) in [6, 6.07) is 6.81. The first-order valence-electron chi connectivity index (χ1n) is 6.28. The number of hydrogen-bond donors (Lipinski definition) is 1. The Balaban J connectivity index is 3.35. The summed E-state index contributed by atoms with van der Waals surface area (Å²) in [6.45, 7) is 5.61. The van der Waals surface area contributed by atoms with Crippen molar-refractivity contribution in [1.82, 2.24) is 0 Å². The summed E-state index contributed by atoms with van der Waals surface area (Å²) in [4.78, 5) is 12.1. The molecule has 1 rings (SSSR count).